The number of likely N-dealkylation sites (tertiary alicyclic amines) is 1. The molecule has 7 heteroatoms. The molecule has 1 aromatic rings. The molecular weight excluding hydrogens is 316 g/mol. The molecule has 2 aliphatic heterocycles. The quantitative estimate of drug-likeness (QED) is 0.439. The molecule has 0 spiro atoms. The van der Waals surface area contributed by atoms with Crippen LogP contribution in [0.25, 0.3) is 0 Å². The monoisotopic (exact) mass is 348 g/mol. The minimum Gasteiger partial charge on any atom is -0.381 e. The first-order valence-electron chi connectivity index (χ1n) is 9.57. The summed E-state index contributed by atoms with van der Waals surface area (Å²) in [6.45, 7) is 6.93. The van der Waals surface area contributed by atoms with E-state index in [0.29, 0.717) is 0 Å². The van der Waals surface area contributed by atoms with Crippen molar-refractivity contribution < 1.29 is 4.74 Å². The molecule has 7 nitrogen and oxygen atoms in total. The lowest BCUT2D eigenvalue weighted by Crippen LogP contribution is -2.58. The Labute approximate surface area is 150 Å². The maximum Gasteiger partial charge on any atom is 0.191 e. The summed E-state index contributed by atoms with van der Waals surface area (Å²) in [5.41, 5.74) is 0.224. The van der Waals surface area contributed by atoms with Crippen molar-refractivity contribution in [3.05, 3.63) is 18.5 Å². The molecule has 0 aromatic carbocycles. The first kappa shape index (κ1) is 18.2. The fraction of sp³-hybridized carbons (Fsp3) is 0.778. The first-order valence-corrected chi connectivity index (χ1v) is 9.57. The average Bonchev–Trinajstić information content (AvgIpc) is 3.36. The molecule has 0 atom stereocenters. The third-order valence-electron chi connectivity index (χ3n) is 5.42. The van der Waals surface area contributed by atoms with Crippen LogP contribution in [0.5, 0.6) is 0 Å². The van der Waals surface area contributed by atoms with Crippen LogP contribution in [0.1, 0.15) is 32.1 Å². The molecule has 0 saturated carbocycles. The van der Waals surface area contributed by atoms with Crippen molar-refractivity contribution in [1.29, 1.82) is 0 Å². The van der Waals surface area contributed by atoms with Crippen LogP contribution in [0, 0.1) is 0 Å². The van der Waals surface area contributed by atoms with Crippen molar-refractivity contribution in [1.82, 2.24) is 25.3 Å². The predicted octanol–water partition coefficient (Wildman–Crippen LogP) is 1.08. The maximum atomic E-state index is 5.62. The van der Waals surface area contributed by atoms with Gasteiger partial charge in [-0.05, 0) is 51.3 Å². The number of aliphatic imine (C=N–C) groups is 1. The highest BCUT2D eigenvalue weighted by Crippen LogP contribution is 2.30. The minimum absolute atomic E-state index is 0.224. The summed E-state index contributed by atoms with van der Waals surface area (Å²) in [6, 6.07) is 1.96. The summed E-state index contributed by atoms with van der Waals surface area (Å²) >= 11 is 0. The van der Waals surface area contributed by atoms with Crippen molar-refractivity contribution in [2.45, 2.75) is 44.2 Å². The summed E-state index contributed by atoms with van der Waals surface area (Å²) in [6.07, 6.45) is 9.70. The van der Waals surface area contributed by atoms with Crippen molar-refractivity contribution in [3.8, 4) is 0 Å². The lowest BCUT2D eigenvalue weighted by Gasteiger charge is -2.45. The lowest BCUT2D eigenvalue weighted by atomic mass is 9.88. The maximum absolute atomic E-state index is 5.62. The number of hydrogen-bond donors (Lipinski definition) is 2. The zero-order valence-electron chi connectivity index (χ0n) is 15.4. The van der Waals surface area contributed by atoms with Gasteiger partial charge in [-0.25, -0.2) is 0 Å². The van der Waals surface area contributed by atoms with Gasteiger partial charge in [-0.1, -0.05) is 0 Å². The Morgan fingerprint density at radius 2 is 2.04 bits per heavy atom. The Balaban J connectivity index is 1.45. The van der Waals surface area contributed by atoms with Crippen LogP contribution in [0.4, 0.5) is 0 Å². The Hall–Kier alpha value is -1.60. The predicted molar refractivity (Wildman–Crippen MR) is 99.8 cm³/mol. The van der Waals surface area contributed by atoms with E-state index in [4.69, 9.17) is 4.74 Å². The smallest absolute Gasteiger partial charge is 0.191 e. The number of aryl methyl sites for hydroxylation is 1. The van der Waals surface area contributed by atoms with Gasteiger partial charge < -0.3 is 15.4 Å². The molecule has 140 valence electrons. The van der Waals surface area contributed by atoms with Gasteiger partial charge in [-0.2, -0.15) is 5.10 Å². The second-order valence-corrected chi connectivity index (χ2v) is 7.01. The van der Waals surface area contributed by atoms with E-state index in [-0.39, 0.29) is 5.54 Å². The lowest BCUT2D eigenvalue weighted by molar-refractivity contribution is -0.0164. The van der Waals surface area contributed by atoms with Crippen molar-refractivity contribution in [2.24, 2.45) is 4.99 Å². The highest BCUT2D eigenvalue weighted by molar-refractivity contribution is 5.79. The van der Waals surface area contributed by atoms with Gasteiger partial charge in [0.1, 0.15) is 0 Å². The van der Waals surface area contributed by atoms with Gasteiger partial charge in [0.05, 0.1) is 0 Å². The van der Waals surface area contributed by atoms with Gasteiger partial charge in [0, 0.05) is 57.8 Å². The van der Waals surface area contributed by atoms with E-state index >= 15 is 0 Å². The first-order chi connectivity index (χ1) is 12.3. The van der Waals surface area contributed by atoms with Crippen LogP contribution in [0.3, 0.4) is 0 Å². The Morgan fingerprint density at radius 3 is 2.72 bits per heavy atom. The zero-order chi connectivity index (χ0) is 17.4. The van der Waals surface area contributed by atoms with Gasteiger partial charge in [0.15, 0.2) is 5.96 Å². The number of rotatable bonds is 7. The number of hydrogen-bond acceptors (Lipinski definition) is 4. The van der Waals surface area contributed by atoms with E-state index in [0.717, 1.165) is 58.1 Å². The molecule has 0 radical (unpaired) electrons. The van der Waals surface area contributed by atoms with Crippen LogP contribution in [0.2, 0.25) is 0 Å². The molecule has 0 aliphatic carbocycles. The highest BCUT2D eigenvalue weighted by atomic mass is 16.5. The van der Waals surface area contributed by atoms with Crippen LogP contribution in [-0.2, 0) is 11.3 Å². The number of nitrogens with zero attached hydrogens (tertiary/aromatic N) is 4. The third kappa shape index (κ3) is 4.95. The Morgan fingerprint density at radius 1 is 1.24 bits per heavy atom. The molecule has 2 N–H and O–H groups in total. The van der Waals surface area contributed by atoms with E-state index in [2.05, 4.69) is 25.6 Å². The van der Waals surface area contributed by atoms with Crippen molar-refractivity contribution in [2.75, 3.05) is 46.4 Å². The van der Waals surface area contributed by atoms with E-state index in [1.54, 1.807) is 0 Å². The molecule has 0 bridgehead atoms. The van der Waals surface area contributed by atoms with Gasteiger partial charge >= 0.3 is 0 Å². The number of ether oxygens (including phenoxy) is 1. The SMILES string of the molecule is CN=C(NCCCn1cccn1)NCC1(N2CCCC2)CCOCC1. The second-order valence-electron chi connectivity index (χ2n) is 7.01. The van der Waals surface area contributed by atoms with Crippen molar-refractivity contribution >= 4 is 5.96 Å². The summed E-state index contributed by atoms with van der Waals surface area (Å²) in [4.78, 5) is 7.06. The summed E-state index contributed by atoms with van der Waals surface area (Å²) in [5, 5.41) is 11.2. The largest absolute Gasteiger partial charge is 0.381 e. The number of aromatic nitrogens is 2. The molecule has 2 fully saturated rings. The molecule has 25 heavy (non-hydrogen) atoms. The molecule has 3 heterocycles. The van der Waals surface area contributed by atoms with Crippen molar-refractivity contribution in [3.63, 3.8) is 0 Å². The topological polar surface area (TPSA) is 66.7 Å². The van der Waals surface area contributed by atoms with E-state index in [1.807, 2.05) is 30.2 Å². The number of guanidine groups is 1. The van der Waals surface area contributed by atoms with Gasteiger partial charge in [-0.3, -0.25) is 14.6 Å². The van der Waals surface area contributed by atoms with E-state index < -0.39 is 0 Å². The van der Waals surface area contributed by atoms with E-state index in [9.17, 15) is 0 Å². The van der Waals surface area contributed by atoms with Crippen LogP contribution in [0.15, 0.2) is 23.5 Å². The molecule has 3 rings (SSSR count). The summed E-state index contributed by atoms with van der Waals surface area (Å²) < 4.78 is 7.58. The van der Waals surface area contributed by atoms with Gasteiger partial charge in [0.2, 0.25) is 0 Å². The summed E-state index contributed by atoms with van der Waals surface area (Å²) in [5.74, 6) is 0.894. The highest BCUT2D eigenvalue weighted by Gasteiger charge is 2.39. The Kier molecular flexibility index (Phi) is 6.69. The molecule has 1 aromatic heterocycles. The average molecular weight is 348 g/mol. The normalized spacial score (nSPS) is 21.4. The number of nitrogens with one attached hydrogen (secondary N) is 2. The minimum atomic E-state index is 0.224. The molecule has 0 amide bonds. The molecule has 0 unspecified atom stereocenters. The van der Waals surface area contributed by atoms with Crippen LogP contribution < -0.4 is 10.6 Å². The third-order valence-corrected chi connectivity index (χ3v) is 5.42. The van der Waals surface area contributed by atoms with Gasteiger partial charge in [-0.15, -0.1) is 0 Å². The molecular formula is C18H32N6O. The second kappa shape index (κ2) is 9.20. The van der Waals surface area contributed by atoms with Crippen LogP contribution >= 0.6 is 0 Å². The van der Waals surface area contributed by atoms with E-state index in [1.165, 1.54) is 25.9 Å². The fourth-order valence-electron chi connectivity index (χ4n) is 3.90. The Bertz CT molecular complexity index is 518. The van der Waals surface area contributed by atoms with Crippen LogP contribution in [-0.4, -0.2) is 72.6 Å². The fourth-order valence-corrected chi connectivity index (χ4v) is 3.90. The molecule has 2 saturated heterocycles. The molecule has 2 aliphatic rings. The summed E-state index contributed by atoms with van der Waals surface area (Å²) in [7, 11) is 1.84. The zero-order valence-corrected chi connectivity index (χ0v) is 15.4. The standard InChI is InChI=1S/C18H32N6O/c1-19-17(20-8-4-12-24-13-5-9-22-24)21-16-18(6-14-25-15-7-18)23-10-2-3-11-23/h5,9,13H,2-4,6-8,10-12,14-16H2,1H3,(H2,19,20,21). The van der Waals surface area contributed by atoms with Gasteiger partial charge in [0.25, 0.3) is 0 Å².